The standard InChI is InChI=1S/C11H14N4O/c1-11(2,3)10(16)13-8-4-5-9-14-12-7-15(9)6-8/h4-7H,1-3H3,(H,13,16). The summed E-state index contributed by atoms with van der Waals surface area (Å²) in [6.07, 6.45) is 3.39. The minimum atomic E-state index is -0.401. The van der Waals surface area contributed by atoms with Crippen LogP contribution in [0.3, 0.4) is 0 Å². The van der Waals surface area contributed by atoms with E-state index in [1.54, 1.807) is 16.9 Å². The second-order valence-electron chi connectivity index (χ2n) is 4.72. The van der Waals surface area contributed by atoms with E-state index < -0.39 is 5.41 Å². The van der Waals surface area contributed by atoms with Gasteiger partial charge in [0.15, 0.2) is 5.65 Å². The van der Waals surface area contributed by atoms with Gasteiger partial charge in [0, 0.05) is 11.6 Å². The van der Waals surface area contributed by atoms with E-state index >= 15 is 0 Å². The van der Waals surface area contributed by atoms with Crippen molar-refractivity contribution in [3.05, 3.63) is 24.7 Å². The highest BCUT2D eigenvalue weighted by molar-refractivity contribution is 5.94. The van der Waals surface area contributed by atoms with Crippen LogP contribution < -0.4 is 5.32 Å². The predicted octanol–water partition coefficient (Wildman–Crippen LogP) is 1.71. The molecule has 0 aliphatic heterocycles. The molecule has 2 aromatic heterocycles. The Bertz CT molecular complexity index is 524. The number of carbonyl (C=O) groups excluding carboxylic acids is 1. The molecule has 0 saturated heterocycles. The van der Waals surface area contributed by atoms with Crippen molar-refractivity contribution in [2.75, 3.05) is 5.32 Å². The first kappa shape index (κ1) is 10.6. The van der Waals surface area contributed by atoms with Gasteiger partial charge in [0.1, 0.15) is 6.33 Å². The first-order valence-corrected chi connectivity index (χ1v) is 5.08. The Hall–Kier alpha value is -1.91. The zero-order valence-corrected chi connectivity index (χ0v) is 9.56. The lowest BCUT2D eigenvalue weighted by molar-refractivity contribution is -0.123. The topological polar surface area (TPSA) is 59.3 Å². The highest BCUT2D eigenvalue weighted by Gasteiger charge is 2.21. The lowest BCUT2D eigenvalue weighted by Crippen LogP contribution is -2.27. The number of rotatable bonds is 1. The molecule has 0 spiro atoms. The number of nitrogens with one attached hydrogen (secondary N) is 1. The molecular formula is C11H14N4O. The number of fused-ring (bicyclic) bond motifs is 1. The Morgan fingerprint density at radius 3 is 2.81 bits per heavy atom. The fourth-order valence-corrected chi connectivity index (χ4v) is 1.22. The summed E-state index contributed by atoms with van der Waals surface area (Å²) in [6.45, 7) is 5.62. The van der Waals surface area contributed by atoms with Crippen molar-refractivity contribution in [3.63, 3.8) is 0 Å². The monoisotopic (exact) mass is 218 g/mol. The van der Waals surface area contributed by atoms with Gasteiger partial charge in [-0.25, -0.2) is 0 Å². The second-order valence-corrected chi connectivity index (χ2v) is 4.72. The van der Waals surface area contributed by atoms with Crippen molar-refractivity contribution in [1.82, 2.24) is 14.6 Å². The quantitative estimate of drug-likeness (QED) is 0.792. The van der Waals surface area contributed by atoms with Crippen molar-refractivity contribution >= 4 is 17.2 Å². The van der Waals surface area contributed by atoms with Crippen LogP contribution in [0, 0.1) is 5.41 Å². The molecule has 2 heterocycles. The van der Waals surface area contributed by atoms with E-state index in [2.05, 4.69) is 15.5 Å². The zero-order valence-electron chi connectivity index (χ0n) is 9.56. The Morgan fingerprint density at radius 1 is 1.38 bits per heavy atom. The van der Waals surface area contributed by atoms with Crippen LogP contribution in [0.2, 0.25) is 0 Å². The van der Waals surface area contributed by atoms with Crippen LogP contribution in [-0.4, -0.2) is 20.5 Å². The number of hydrogen-bond acceptors (Lipinski definition) is 3. The molecule has 16 heavy (non-hydrogen) atoms. The highest BCUT2D eigenvalue weighted by Crippen LogP contribution is 2.17. The van der Waals surface area contributed by atoms with Crippen LogP contribution in [0.1, 0.15) is 20.8 Å². The van der Waals surface area contributed by atoms with Crippen molar-refractivity contribution in [2.24, 2.45) is 5.41 Å². The normalized spacial score (nSPS) is 11.7. The maximum absolute atomic E-state index is 11.8. The zero-order chi connectivity index (χ0) is 11.8. The van der Waals surface area contributed by atoms with E-state index in [9.17, 15) is 4.79 Å². The lowest BCUT2D eigenvalue weighted by atomic mass is 9.96. The van der Waals surface area contributed by atoms with Gasteiger partial charge in [0.2, 0.25) is 5.91 Å². The van der Waals surface area contributed by atoms with E-state index in [4.69, 9.17) is 0 Å². The molecule has 2 aromatic rings. The Labute approximate surface area is 93.5 Å². The molecule has 0 fully saturated rings. The van der Waals surface area contributed by atoms with Crippen LogP contribution in [0.25, 0.3) is 5.65 Å². The fourth-order valence-electron chi connectivity index (χ4n) is 1.22. The molecule has 2 rings (SSSR count). The number of carbonyl (C=O) groups is 1. The van der Waals surface area contributed by atoms with Gasteiger partial charge in [-0.05, 0) is 12.1 Å². The molecule has 0 unspecified atom stereocenters. The molecule has 5 nitrogen and oxygen atoms in total. The van der Waals surface area contributed by atoms with Gasteiger partial charge in [0.05, 0.1) is 5.69 Å². The summed E-state index contributed by atoms with van der Waals surface area (Å²) in [5.74, 6) is -0.0140. The third-order valence-electron chi connectivity index (χ3n) is 2.23. The van der Waals surface area contributed by atoms with Crippen LogP contribution in [0.5, 0.6) is 0 Å². The van der Waals surface area contributed by atoms with E-state index in [1.807, 2.05) is 32.9 Å². The van der Waals surface area contributed by atoms with E-state index in [-0.39, 0.29) is 5.91 Å². The Morgan fingerprint density at radius 2 is 2.12 bits per heavy atom. The highest BCUT2D eigenvalue weighted by atomic mass is 16.2. The number of hydrogen-bond donors (Lipinski definition) is 1. The maximum atomic E-state index is 11.8. The number of nitrogens with zero attached hydrogens (tertiary/aromatic N) is 3. The SMILES string of the molecule is CC(C)(C)C(=O)Nc1ccc2nncn2c1. The van der Waals surface area contributed by atoms with Gasteiger partial charge in [-0.3, -0.25) is 9.20 Å². The predicted molar refractivity (Wildman–Crippen MR) is 61.1 cm³/mol. The summed E-state index contributed by atoms with van der Waals surface area (Å²) < 4.78 is 1.76. The average Bonchev–Trinajstić information content (AvgIpc) is 2.63. The summed E-state index contributed by atoms with van der Waals surface area (Å²) in [4.78, 5) is 11.8. The number of anilines is 1. The fraction of sp³-hybridized carbons (Fsp3) is 0.364. The summed E-state index contributed by atoms with van der Waals surface area (Å²) in [5, 5.41) is 10.5. The summed E-state index contributed by atoms with van der Waals surface area (Å²) in [7, 11) is 0. The molecule has 0 aliphatic rings. The maximum Gasteiger partial charge on any atom is 0.229 e. The van der Waals surface area contributed by atoms with Gasteiger partial charge >= 0.3 is 0 Å². The van der Waals surface area contributed by atoms with Crippen molar-refractivity contribution in [2.45, 2.75) is 20.8 Å². The van der Waals surface area contributed by atoms with E-state index in [0.717, 1.165) is 11.3 Å². The van der Waals surface area contributed by atoms with Crippen LogP contribution in [-0.2, 0) is 4.79 Å². The first-order valence-electron chi connectivity index (χ1n) is 5.08. The minimum absolute atomic E-state index is 0.0140. The Kier molecular flexibility index (Phi) is 2.38. The van der Waals surface area contributed by atoms with E-state index in [0.29, 0.717) is 0 Å². The molecular weight excluding hydrogens is 204 g/mol. The molecule has 5 heteroatoms. The summed E-state index contributed by atoms with van der Waals surface area (Å²) >= 11 is 0. The molecule has 0 radical (unpaired) electrons. The van der Waals surface area contributed by atoms with Gasteiger partial charge in [0.25, 0.3) is 0 Å². The minimum Gasteiger partial charge on any atom is -0.324 e. The molecule has 0 aliphatic carbocycles. The van der Waals surface area contributed by atoms with Crippen LogP contribution >= 0.6 is 0 Å². The van der Waals surface area contributed by atoms with Gasteiger partial charge < -0.3 is 5.32 Å². The van der Waals surface area contributed by atoms with Gasteiger partial charge in [-0.2, -0.15) is 0 Å². The lowest BCUT2D eigenvalue weighted by Gasteiger charge is -2.17. The Balaban J connectivity index is 2.24. The van der Waals surface area contributed by atoms with Crippen LogP contribution in [0.15, 0.2) is 24.7 Å². The smallest absolute Gasteiger partial charge is 0.229 e. The number of amides is 1. The summed E-state index contributed by atoms with van der Waals surface area (Å²) in [6, 6.07) is 3.62. The first-order chi connectivity index (χ1) is 7.47. The van der Waals surface area contributed by atoms with Crippen molar-refractivity contribution < 1.29 is 4.79 Å². The second kappa shape index (κ2) is 3.59. The van der Waals surface area contributed by atoms with Crippen molar-refractivity contribution in [3.8, 4) is 0 Å². The van der Waals surface area contributed by atoms with Gasteiger partial charge in [-0.1, -0.05) is 20.8 Å². The van der Waals surface area contributed by atoms with Gasteiger partial charge in [-0.15, -0.1) is 10.2 Å². The third kappa shape index (κ3) is 2.03. The molecule has 1 amide bonds. The van der Waals surface area contributed by atoms with Crippen molar-refractivity contribution in [1.29, 1.82) is 0 Å². The third-order valence-corrected chi connectivity index (χ3v) is 2.23. The molecule has 1 N–H and O–H groups in total. The number of pyridine rings is 1. The van der Waals surface area contributed by atoms with E-state index in [1.165, 1.54) is 0 Å². The largest absolute Gasteiger partial charge is 0.324 e. The summed E-state index contributed by atoms with van der Waals surface area (Å²) in [5.41, 5.74) is 1.10. The number of aromatic nitrogens is 3. The molecule has 0 saturated carbocycles. The average molecular weight is 218 g/mol. The molecule has 0 bridgehead atoms. The molecule has 84 valence electrons. The molecule has 0 aromatic carbocycles. The molecule has 0 atom stereocenters. The van der Waals surface area contributed by atoms with Crippen LogP contribution in [0.4, 0.5) is 5.69 Å².